The Balaban J connectivity index is 2.26. The van der Waals surface area contributed by atoms with Crippen LogP contribution in [0.25, 0.3) is 0 Å². The lowest BCUT2D eigenvalue weighted by atomic mass is 10.2. The van der Waals surface area contributed by atoms with Crippen molar-refractivity contribution in [3.63, 3.8) is 0 Å². The maximum Gasteiger partial charge on any atom is 0.240 e. The van der Waals surface area contributed by atoms with Crippen LogP contribution in [0.5, 0.6) is 0 Å². The molecule has 0 unspecified atom stereocenters. The van der Waals surface area contributed by atoms with Crippen molar-refractivity contribution in [2.24, 2.45) is 0 Å². The Morgan fingerprint density at radius 2 is 2.22 bits per heavy atom. The Labute approximate surface area is 141 Å². The Morgan fingerprint density at radius 1 is 1.43 bits per heavy atom. The number of thioether (sulfide) groups is 1. The van der Waals surface area contributed by atoms with Crippen LogP contribution in [0, 0.1) is 0 Å². The second-order valence-corrected chi connectivity index (χ2v) is 8.15. The molecule has 1 heterocycles. The summed E-state index contributed by atoms with van der Waals surface area (Å²) in [5.41, 5.74) is 0.680. The molecule has 0 aromatic heterocycles. The molecular formula is C15H22N2O4S2. The summed E-state index contributed by atoms with van der Waals surface area (Å²) in [6.45, 7) is 2.93. The van der Waals surface area contributed by atoms with E-state index in [2.05, 4.69) is 4.72 Å². The number of rotatable bonds is 6. The van der Waals surface area contributed by atoms with Crippen LogP contribution in [-0.4, -0.2) is 46.9 Å². The Hall–Kier alpha value is -1.09. The number of nitrogens with one attached hydrogen (secondary N) is 1. The van der Waals surface area contributed by atoms with Crippen LogP contribution < -0.4 is 9.62 Å². The molecule has 1 aliphatic heterocycles. The molecule has 0 radical (unpaired) electrons. The fourth-order valence-corrected chi connectivity index (χ4v) is 4.42. The number of nitrogens with zero attached hydrogens (tertiary/aromatic N) is 1. The minimum atomic E-state index is -3.59. The van der Waals surface area contributed by atoms with Crippen molar-refractivity contribution < 1.29 is 17.9 Å². The summed E-state index contributed by atoms with van der Waals surface area (Å²) < 4.78 is 32.2. The molecule has 1 aliphatic rings. The molecule has 1 aromatic carbocycles. The van der Waals surface area contributed by atoms with Gasteiger partial charge in [-0.3, -0.25) is 4.79 Å². The third kappa shape index (κ3) is 4.69. The van der Waals surface area contributed by atoms with E-state index in [9.17, 15) is 13.2 Å². The van der Waals surface area contributed by atoms with Gasteiger partial charge in [0.1, 0.15) is 0 Å². The van der Waals surface area contributed by atoms with Gasteiger partial charge in [0.2, 0.25) is 15.9 Å². The highest BCUT2D eigenvalue weighted by Gasteiger charge is 2.22. The molecule has 1 N–H and O–H groups in total. The number of hydrogen-bond donors (Lipinski definition) is 1. The molecule has 0 atom stereocenters. The van der Waals surface area contributed by atoms with Crippen LogP contribution in [0.2, 0.25) is 0 Å². The zero-order valence-electron chi connectivity index (χ0n) is 13.4. The quantitative estimate of drug-likeness (QED) is 0.786. The molecule has 0 aliphatic carbocycles. The fraction of sp³-hybridized carbons (Fsp3) is 0.533. The number of sulfonamides is 1. The van der Waals surface area contributed by atoms with E-state index >= 15 is 0 Å². The van der Waals surface area contributed by atoms with Gasteiger partial charge in [-0.15, -0.1) is 11.8 Å². The number of methoxy groups -OCH3 is 1. The predicted molar refractivity (Wildman–Crippen MR) is 91.5 cm³/mol. The van der Waals surface area contributed by atoms with Crippen molar-refractivity contribution in [3.8, 4) is 0 Å². The molecule has 0 saturated heterocycles. The summed E-state index contributed by atoms with van der Waals surface area (Å²) in [7, 11) is -2.01. The smallest absolute Gasteiger partial charge is 0.240 e. The van der Waals surface area contributed by atoms with E-state index in [4.69, 9.17) is 4.74 Å². The van der Waals surface area contributed by atoms with Crippen molar-refractivity contribution in [2.75, 3.05) is 37.5 Å². The zero-order chi connectivity index (χ0) is 16.9. The van der Waals surface area contributed by atoms with Crippen LogP contribution in [-0.2, 0) is 19.6 Å². The lowest BCUT2D eigenvalue weighted by Gasteiger charge is -2.21. The van der Waals surface area contributed by atoms with E-state index in [0.29, 0.717) is 31.8 Å². The highest BCUT2D eigenvalue weighted by atomic mass is 32.2. The van der Waals surface area contributed by atoms with Crippen LogP contribution >= 0.6 is 11.8 Å². The molecule has 1 amide bonds. The largest absolute Gasteiger partial charge is 0.385 e. The van der Waals surface area contributed by atoms with Gasteiger partial charge < -0.3 is 9.64 Å². The van der Waals surface area contributed by atoms with Gasteiger partial charge in [0.15, 0.2) is 0 Å². The number of carbonyl (C=O) groups excluding carboxylic acids is 1. The summed E-state index contributed by atoms with van der Waals surface area (Å²) in [5.74, 6) is 0.842. The lowest BCUT2D eigenvalue weighted by Crippen LogP contribution is -2.30. The molecule has 1 aromatic rings. The molecule has 8 heteroatoms. The summed E-state index contributed by atoms with van der Waals surface area (Å²) in [6, 6.07) is 4.97. The molecule has 0 spiro atoms. The average Bonchev–Trinajstić information content (AvgIpc) is 2.73. The average molecular weight is 358 g/mol. The van der Waals surface area contributed by atoms with Crippen molar-refractivity contribution in [1.29, 1.82) is 0 Å². The standard InChI is InChI=1S/C15H22N2O4S2/c1-12(18)17-8-4-10-22-15-6-5-13(11-14(15)17)23(19,20)16-7-3-9-21-2/h5-6,11,16H,3-4,7-10H2,1-2H3. The van der Waals surface area contributed by atoms with Crippen molar-refractivity contribution in [1.82, 2.24) is 4.72 Å². The summed E-state index contributed by atoms with van der Waals surface area (Å²) >= 11 is 1.65. The Kier molecular flexibility index (Phi) is 6.46. The molecule has 128 valence electrons. The predicted octanol–water partition coefficient (Wildman–Crippen LogP) is 1.85. The zero-order valence-corrected chi connectivity index (χ0v) is 15.0. The number of anilines is 1. The van der Waals surface area contributed by atoms with E-state index < -0.39 is 10.0 Å². The van der Waals surface area contributed by atoms with Gasteiger partial charge >= 0.3 is 0 Å². The molecular weight excluding hydrogens is 336 g/mol. The highest BCUT2D eigenvalue weighted by Crippen LogP contribution is 2.35. The first-order valence-corrected chi connectivity index (χ1v) is 9.96. The van der Waals surface area contributed by atoms with Crippen molar-refractivity contribution >= 4 is 33.4 Å². The summed E-state index contributed by atoms with van der Waals surface area (Å²) in [5, 5.41) is 0. The number of fused-ring (bicyclic) bond motifs is 1. The number of benzene rings is 1. The SMILES string of the molecule is COCCCNS(=O)(=O)c1ccc2c(c1)N(C(C)=O)CCCS2. The fourth-order valence-electron chi connectivity index (χ4n) is 2.36. The lowest BCUT2D eigenvalue weighted by molar-refractivity contribution is -0.116. The second-order valence-electron chi connectivity index (χ2n) is 5.25. The molecule has 2 rings (SSSR count). The van der Waals surface area contributed by atoms with Gasteiger partial charge in [0.25, 0.3) is 0 Å². The first-order valence-electron chi connectivity index (χ1n) is 7.49. The van der Waals surface area contributed by atoms with E-state index in [1.165, 1.54) is 6.92 Å². The highest BCUT2D eigenvalue weighted by molar-refractivity contribution is 7.99. The van der Waals surface area contributed by atoms with E-state index in [1.807, 2.05) is 0 Å². The van der Waals surface area contributed by atoms with E-state index in [1.54, 1.807) is 42.0 Å². The van der Waals surface area contributed by atoms with E-state index in [0.717, 1.165) is 17.1 Å². The van der Waals surface area contributed by atoms with Crippen molar-refractivity contribution in [2.45, 2.75) is 29.6 Å². The minimum Gasteiger partial charge on any atom is -0.385 e. The van der Waals surface area contributed by atoms with Gasteiger partial charge in [-0.25, -0.2) is 13.1 Å². The first-order chi connectivity index (χ1) is 11.0. The maximum absolute atomic E-state index is 12.4. The van der Waals surface area contributed by atoms with Gasteiger partial charge in [-0.2, -0.15) is 0 Å². The molecule has 6 nitrogen and oxygen atoms in total. The normalized spacial score (nSPS) is 15.1. The molecule has 23 heavy (non-hydrogen) atoms. The summed E-state index contributed by atoms with van der Waals surface area (Å²) in [6.07, 6.45) is 1.49. The Bertz CT molecular complexity index is 661. The summed E-state index contributed by atoms with van der Waals surface area (Å²) in [4.78, 5) is 14.6. The topological polar surface area (TPSA) is 75.7 Å². The molecule has 0 saturated carbocycles. The van der Waals surface area contributed by atoms with Gasteiger partial charge in [-0.1, -0.05) is 0 Å². The number of ether oxygens (including phenoxy) is 1. The first kappa shape index (κ1) is 18.3. The molecule has 0 fully saturated rings. The van der Waals surface area contributed by atoms with E-state index in [-0.39, 0.29) is 10.8 Å². The second kappa shape index (κ2) is 8.14. The Morgan fingerprint density at radius 3 is 2.91 bits per heavy atom. The minimum absolute atomic E-state index is 0.0728. The third-order valence-corrected chi connectivity index (χ3v) is 6.12. The third-order valence-electron chi connectivity index (χ3n) is 3.51. The van der Waals surface area contributed by atoms with Crippen LogP contribution in [0.1, 0.15) is 19.8 Å². The number of hydrogen-bond acceptors (Lipinski definition) is 5. The maximum atomic E-state index is 12.4. The van der Waals surface area contributed by atoms with Gasteiger partial charge in [0, 0.05) is 38.6 Å². The number of amides is 1. The van der Waals surface area contributed by atoms with Gasteiger partial charge in [-0.05, 0) is 36.8 Å². The van der Waals surface area contributed by atoms with Crippen LogP contribution in [0.4, 0.5) is 5.69 Å². The number of carbonyl (C=O) groups is 1. The monoisotopic (exact) mass is 358 g/mol. The van der Waals surface area contributed by atoms with Gasteiger partial charge in [0.05, 0.1) is 10.6 Å². The van der Waals surface area contributed by atoms with Crippen LogP contribution in [0.3, 0.4) is 0 Å². The van der Waals surface area contributed by atoms with Crippen LogP contribution in [0.15, 0.2) is 28.0 Å². The van der Waals surface area contributed by atoms with Crippen molar-refractivity contribution in [3.05, 3.63) is 18.2 Å². The molecule has 0 bridgehead atoms.